The van der Waals surface area contributed by atoms with Crippen LogP contribution in [-0.4, -0.2) is 56.7 Å². The Morgan fingerprint density at radius 3 is 1.70 bits per heavy atom. The van der Waals surface area contributed by atoms with Gasteiger partial charge in [0.2, 0.25) is 17.7 Å². The first-order valence-electron chi connectivity index (χ1n) is 16.5. The van der Waals surface area contributed by atoms with Gasteiger partial charge >= 0.3 is 13.8 Å². The number of benzene rings is 5. The van der Waals surface area contributed by atoms with Crippen molar-refractivity contribution in [1.82, 2.24) is 16.0 Å². The third-order valence-electron chi connectivity index (χ3n) is 8.30. The fourth-order valence-corrected chi connectivity index (χ4v) is 6.46. The Balaban J connectivity index is 1.34. The maximum atomic E-state index is 14.0. The highest BCUT2D eigenvalue weighted by molar-refractivity contribution is 14.1. The summed E-state index contributed by atoms with van der Waals surface area (Å²) in [5.74, 6) is -3.23. The lowest BCUT2D eigenvalue weighted by atomic mass is 10.0. The van der Waals surface area contributed by atoms with E-state index in [-0.39, 0.29) is 31.4 Å². The lowest BCUT2D eigenvalue weighted by Gasteiger charge is -2.25. The Morgan fingerprint density at radius 1 is 0.604 bits per heavy atom. The highest BCUT2D eigenvalue weighted by Gasteiger charge is 2.30. The largest absolute Gasteiger partial charge is 0.524 e. The van der Waals surface area contributed by atoms with Crippen LogP contribution in [0, 0.1) is 3.57 Å². The second kappa shape index (κ2) is 18.1. The highest BCUT2D eigenvalue weighted by atomic mass is 127. The lowest BCUT2D eigenvalue weighted by molar-refractivity contribution is -0.142. The van der Waals surface area contributed by atoms with Gasteiger partial charge in [0.1, 0.15) is 23.9 Å². The van der Waals surface area contributed by atoms with Crippen LogP contribution in [-0.2, 0) is 49.4 Å². The molecule has 0 bridgehead atoms. The Hall–Kier alpha value is -5.08. The summed E-state index contributed by atoms with van der Waals surface area (Å²) >= 11 is 2.15. The summed E-state index contributed by atoms with van der Waals surface area (Å²) in [7, 11) is -4.79. The van der Waals surface area contributed by atoms with Crippen molar-refractivity contribution in [3.63, 3.8) is 0 Å². The third-order valence-corrected chi connectivity index (χ3v) is 9.47. The zero-order valence-electron chi connectivity index (χ0n) is 28.2. The summed E-state index contributed by atoms with van der Waals surface area (Å²) < 4.78 is 16.7. The van der Waals surface area contributed by atoms with E-state index in [2.05, 4.69) is 43.1 Å². The minimum atomic E-state index is -4.79. The number of halogens is 1. The third kappa shape index (κ3) is 12.2. The van der Waals surface area contributed by atoms with Gasteiger partial charge in [0.15, 0.2) is 0 Å². The van der Waals surface area contributed by atoms with Gasteiger partial charge in [0.25, 0.3) is 0 Å². The number of phosphoric ester groups is 1. The zero-order chi connectivity index (χ0) is 38.0. The first kappa shape index (κ1) is 39.1. The van der Waals surface area contributed by atoms with E-state index in [1.165, 1.54) is 24.3 Å². The topological polar surface area (TPSA) is 191 Å². The van der Waals surface area contributed by atoms with Crippen LogP contribution in [0.4, 0.5) is 0 Å². The van der Waals surface area contributed by atoms with Gasteiger partial charge in [0, 0.05) is 22.8 Å². The van der Waals surface area contributed by atoms with E-state index in [0.29, 0.717) is 11.1 Å². The average Bonchev–Trinajstić information content (AvgIpc) is 3.12. The summed E-state index contributed by atoms with van der Waals surface area (Å²) in [5.41, 5.74) is 2.68. The number of nitrogens with one attached hydrogen (secondary N) is 3. The molecule has 53 heavy (non-hydrogen) atoms. The number of hydrogen-bond acceptors (Lipinski definition) is 6. The van der Waals surface area contributed by atoms with Gasteiger partial charge in [0.05, 0.1) is 6.42 Å². The van der Waals surface area contributed by atoms with Gasteiger partial charge in [-0.1, -0.05) is 97.1 Å². The molecule has 0 radical (unpaired) electrons. The Kier molecular flexibility index (Phi) is 13.4. The number of fused-ring (bicyclic) bond motifs is 1. The van der Waals surface area contributed by atoms with E-state index in [1.54, 1.807) is 12.1 Å². The van der Waals surface area contributed by atoms with E-state index in [9.17, 15) is 28.8 Å². The number of phosphoric acid groups is 1. The van der Waals surface area contributed by atoms with Gasteiger partial charge in [-0.25, -0.2) is 9.36 Å². The summed E-state index contributed by atoms with van der Waals surface area (Å²) in [6, 6.07) is 31.6. The Morgan fingerprint density at radius 2 is 1.09 bits per heavy atom. The maximum absolute atomic E-state index is 14.0. The van der Waals surface area contributed by atoms with Crippen molar-refractivity contribution in [1.29, 1.82) is 0 Å². The average molecular weight is 850 g/mol. The predicted octanol–water partition coefficient (Wildman–Crippen LogP) is 4.73. The van der Waals surface area contributed by atoms with Crippen LogP contribution < -0.4 is 20.5 Å². The van der Waals surface area contributed by atoms with Crippen molar-refractivity contribution in [2.45, 2.75) is 43.8 Å². The monoisotopic (exact) mass is 849 g/mol. The number of carbonyl (C=O) groups is 4. The molecule has 0 aromatic heterocycles. The van der Waals surface area contributed by atoms with Crippen molar-refractivity contribution < 1.29 is 43.2 Å². The van der Waals surface area contributed by atoms with E-state index in [0.717, 1.165) is 25.5 Å². The molecule has 0 aliphatic heterocycles. The van der Waals surface area contributed by atoms with Gasteiger partial charge in [-0.15, -0.1) is 0 Å². The molecule has 0 aliphatic rings. The molecule has 0 saturated heterocycles. The predicted molar refractivity (Wildman–Crippen MR) is 207 cm³/mol. The number of carboxylic acid groups (broad SMARTS) is 1. The Bertz CT molecular complexity index is 2110. The van der Waals surface area contributed by atoms with Crippen LogP contribution in [0.5, 0.6) is 5.75 Å². The molecule has 0 spiro atoms. The molecule has 274 valence electrons. The molecule has 0 heterocycles. The molecule has 0 aliphatic carbocycles. The normalized spacial score (nSPS) is 13.0. The molecule has 0 fully saturated rings. The van der Waals surface area contributed by atoms with Crippen LogP contribution in [0.25, 0.3) is 10.8 Å². The fraction of sp³-hybridized carbons (Fsp3) is 0.179. The van der Waals surface area contributed by atoms with E-state index < -0.39 is 49.6 Å². The fourth-order valence-electron chi connectivity index (χ4n) is 5.71. The number of carbonyl (C=O) groups excluding carboxylic acids is 3. The standard InChI is InChI=1S/C39H37IN3O9P/c40-31-16-11-26(12-17-31)22-34(38(46)43-35(39(47)48)23-27-13-18-32(19-14-27)52-53(49,50)51)42-37(45)33(21-25-6-2-1-3-7-25)41-36(44)24-28-10-15-29-8-4-5-9-30(29)20-28/h1-20,33-35H,21-24H2,(H,41,44)(H,42,45)(H,43,46)(H,47,48)(H2,49,50,51)/t33-,34-,35-/m0/s1. The highest BCUT2D eigenvalue weighted by Crippen LogP contribution is 2.37. The van der Waals surface area contributed by atoms with Crippen LogP contribution in [0.1, 0.15) is 22.3 Å². The SMILES string of the molecule is O=C(Cc1ccc2ccccc2c1)N[C@@H](Cc1ccccc1)C(=O)N[C@@H](Cc1ccc(I)cc1)C(=O)N[C@@H](Cc1ccc(OP(=O)(O)O)cc1)C(=O)O. The molecule has 5 aromatic carbocycles. The van der Waals surface area contributed by atoms with Crippen LogP contribution in [0.2, 0.25) is 0 Å². The molecule has 0 unspecified atom stereocenters. The number of carboxylic acids is 1. The van der Waals surface area contributed by atoms with E-state index >= 15 is 0 Å². The van der Waals surface area contributed by atoms with Crippen molar-refractivity contribution in [3.05, 3.63) is 147 Å². The van der Waals surface area contributed by atoms with E-state index in [1.807, 2.05) is 84.9 Å². The maximum Gasteiger partial charge on any atom is 0.524 e. The van der Waals surface area contributed by atoms with Gasteiger partial charge in [-0.3, -0.25) is 24.2 Å². The minimum Gasteiger partial charge on any atom is -0.480 e. The van der Waals surface area contributed by atoms with Crippen molar-refractivity contribution >= 4 is 64.9 Å². The molecule has 3 atom stereocenters. The smallest absolute Gasteiger partial charge is 0.480 e. The second-order valence-corrected chi connectivity index (χ2v) is 14.8. The second-order valence-electron chi connectivity index (χ2n) is 12.4. The quantitative estimate of drug-likeness (QED) is 0.0603. The summed E-state index contributed by atoms with van der Waals surface area (Å²) in [4.78, 5) is 71.7. The minimum absolute atomic E-state index is 0.0165. The van der Waals surface area contributed by atoms with Crippen molar-refractivity contribution in [3.8, 4) is 5.75 Å². The first-order valence-corrected chi connectivity index (χ1v) is 19.2. The van der Waals surface area contributed by atoms with Gasteiger partial charge < -0.3 is 25.6 Å². The van der Waals surface area contributed by atoms with Crippen LogP contribution >= 0.6 is 30.4 Å². The molecular formula is C39H37IN3O9P. The molecule has 5 rings (SSSR count). The molecule has 14 heteroatoms. The van der Waals surface area contributed by atoms with Crippen LogP contribution in [0.15, 0.2) is 121 Å². The van der Waals surface area contributed by atoms with Crippen LogP contribution in [0.3, 0.4) is 0 Å². The first-order chi connectivity index (χ1) is 25.3. The molecule has 12 nitrogen and oxygen atoms in total. The summed E-state index contributed by atoms with van der Waals surface area (Å²) in [5, 5.41) is 20.2. The van der Waals surface area contributed by atoms with Gasteiger partial charge in [-0.05, 0) is 79.9 Å². The number of hydrogen-bond donors (Lipinski definition) is 6. The lowest BCUT2D eigenvalue weighted by Crippen LogP contribution is -2.57. The molecule has 5 aromatic rings. The van der Waals surface area contributed by atoms with Gasteiger partial charge in [-0.2, -0.15) is 0 Å². The summed E-state index contributed by atoms with van der Waals surface area (Å²) in [6.07, 6.45) is -0.00256. The number of rotatable bonds is 16. The molecular weight excluding hydrogens is 812 g/mol. The Labute approximate surface area is 319 Å². The molecule has 0 saturated carbocycles. The van der Waals surface area contributed by atoms with Crippen molar-refractivity contribution in [2.75, 3.05) is 0 Å². The molecule has 3 amide bonds. The van der Waals surface area contributed by atoms with E-state index in [4.69, 9.17) is 9.79 Å². The zero-order valence-corrected chi connectivity index (χ0v) is 31.3. The number of amides is 3. The number of aliphatic carboxylic acids is 1. The molecule has 6 N–H and O–H groups in total. The van der Waals surface area contributed by atoms with Crippen molar-refractivity contribution in [2.24, 2.45) is 0 Å². The summed E-state index contributed by atoms with van der Waals surface area (Å²) in [6.45, 7) is 0.